The molecule has 0 aliphatic carbocycles. The van der Waals surface area contributed by atoms with Crippen molar-refractivity contribution in [3.63, 3.8) is 0 Å². The summed E-state index contributed by atoms with van der Waals surface area (Å²) in [5.74, 6) is -0.391. The highest BCUT2D eigenvalue weighted by Gasteiger charge is 2.12. The number of aromatic amines is 1. The van der Waals surface area contributed by atoms with Gasteiger partial charge < -0.3 is 16.0 Å². The molecule has 0 radical (unpaired) electrons. The van der Waals surface area contributed by atoms with Gasteiger partial charge >= 0.3 is 0 Å². The van der Waals surface area contributed by atoms with Crippen LogP contribution in [0.3, 0.4) is 0 Å². The summed E-state index contributed by atoms with van der Waals surface area (Å²) in [5, 5.41) is 3.49. The molecule has 4 N–H and O–H groups in total. The number of hydrogen-bond donors (Lipinski definition) is 3. The van der Waals surface area contributed by atoms with E-state index in [0.717, 1.165) is 16.5 Å². The molecule has 1 aromatic carbocycles. The molecule has 2 heterocycles. The number of rotatable bonds is 4. The number of carbonyl (C=O) groups excluding carboxylic acids is 2. The van der Waals surface area contributed by atoms with E-state index in [1.165, 1.54) is 6.08 Å². The lowest BCUT2D eigenvalue weighted by Crippen LogP contribution is -2.11. The number of H-pyrrole nitrogens is 1. The number of carbonyl (C=O) groups is 2. The van der Waals surface area contributed by atoms with E-state index in [9.17, 15) is 9.59 Å². The maximum absolute atomic E-state index is 11.5. The predicted octanol–water partition coefficient (Wildman–Crippen LogP) is 2.45. The van der Waals surface area contributed by atoms with Crippen LogP contribution in [0.4, 0.5) is 5.82 Å². The molecule has 114 valence electrons. The van der Waals surface area contributed by atoms with Crippen LogP contribution in [0.15, 0.2) is 55.4 Å². The highest BCUT2D eigenvalue weighted by atomic mass is 16.1. The number of nitrogens with one attached hydrogen (secondary N) is 2. The standard InChI is InChI=1S/C17H14N4O2/c1-2-15(22)21-14-9-10(5-7-19-14)11-3-4-13(17(18)23)16-12(11)6-8-20-16/h2-9,20H,1H2,(H2,18,23)(H,19,21,22). The van der Waals surface area contributed by atoms with E-state index in [2.05, 4.69) is 21.9 Å². The average molecular weight is 306 g/mol. The summed E-state index contributed by atoms with van der Waals surface area (Å²) in [7, 11) is 0. The summed E-state index contributed by atoms with van der Waals surface area (Å²) in [6, 6.07) is 8.96. The molecule has 0 unspecified atom stereocenters. The monoisotopic (exact) mass is 306 g/mol. The average Bonchev–Trinajstić information content (AvgIpc) is 3.03. The Labute approximate surface area is 132 Å². The Bertz CT molecular complexity index is 927. The molecular formula is C17H14N4O2. The van der Waals surface area contributed by atoms with E-state index >= 15 is 0 Å². The smallest absolute Gasteiger partial charge is 0.250 e. The van der Waals surface area contributed by atoms with Gasteiger partial charge in [-0.3, -0.25) is 9.59 Å². The molecule has 0 atom stereocenters. The lowest BCUT2D eigenvalue weighted by atomic mass is 9.99. The SMILES string of the molecule is C=CC(=O)Nc1cc(-c2ccc(C(N)=O)c3[nH]ccc23)ccn1. The van der Waals surface area contributed by atoms with Crippen molar-refractivity contribution in [1.29, 1.82) is 0 Å². The molecule has 0 saturated heterocycles. The molecule has 2 amide bonds. The van der Waals surface area contributed by atoms with Crippen LogP contribution in [0.1, 0.15) is 10.4 Å². The summed E-state index contributed by atoms with van der Waals surface area (Å²) in [4.78, 5) is 30.0. The fourth-order valence-electron chi connectivity index (χ4n) is 2.46. The summed E-state index contributed by atoms with van der Waals surface area (Å²) >= 11 is 0. The zero-order valence-corrected chi connectivity index (χ0v) is 12.2. The van der Waals surface area contributed by atoms with Crippen LogP contribution in [0.2, 0.25) is 0 Å². The van der Waals surface area contributed by atoms with Crippen molar-refractivity contribution in [2.75, 3.05) is 5.32 Å². The van der Waals surface area contributed by atoms with Gasteiger partial charge in [0.15, 0.2) is 0 Å². The van der Waals surface area contributed by atoms with E-state index in [-0.39, 0.29) is 5.91 Å². The molecule has 0 fully saturated rings. The molecule has 3 rings (SSSR count). The summed E-state index contributed by atoms with van der Waals surface area (Å²) in [5.41, 5.74) is 8.28. The molecule has 2 aromatic heterocycles. The van der Waals surface area contributed by atoms with E-state index in [0.29, 0.717) is 16.9 Å². The zero-order chi connectivity index (χ0) is 16.4. The van der Waals surface area contributed by atoms with E-state index in [1.54, 1.807) is 24.5 Å². The number of primary amides is 1. The third kappa shape index (κ3) is 2.69. The molecule has 6 nitrogen and oxygen atoms in total. The zero-order valence-electron chi connectivity index (χ0n) is 12.2. The largest absolute Gasteiger partial charge is 0.366 e. The fraction of sp³-hybridized carbons (Fsp3) is 0. The summed E-state index contributed by atoms with van der Waals surface area (Å²) in [6.45, 7) is 3.41. The minimum Gasteiger partial charge on any atom is -0.366 e. The van der Waals surface area contributed by atoms with Crippen LogP contribution in [-0.4, -0.2) is 21.8 Å². The number of anilines is 1. The van der Waals surface area contributed by atoms with Crippen LogP contribution < -0.4 is 11.1 Å². The lowest BCUT2D eigenvalue weighted by Gasteiger charge is -2.08. The van der Waals surface area contributed by atoms with Crippen molar-refractivity contribution >= 4 is 28.5 Å². The van der Waals surface area contributed by atoms with Crippen molar-refractivity contribution in [1.82, 2.24) is 9.97 Å². The number of aromatic nitrogens is 2. The Morgan fingerprint density at radius 1 is 1.26 bits per heavy atom. The second-order valence-corrected chi connectivity index (χ2v) is 4.91. The second-order valence-electron chi connectivity index (χ2n) is 4.91. The first kappa shape index (κ1) is 14.5. The normalized spacial score (nSPS) is 10.4. The van der Waals surface area contributed by atoms with Gasteiger partial charge in [-0.2, -0.15) is 0 Å². The van der Waals surface area contributed by atoms with Gasteiger partial charge in [0.2, 0.25) is 5.91 Å². The maximum Gasteiger partial charge on any atom is 0.250 e. The number of amides is 2. The summed E-state index contributed by atoms with van der Waals surface area (Å²) < 4.78 is 0. The number of fused-ring (bicyclic) bond motifs is 1. The molecule has 0 aliphatic rings. The first-order valence-electron chi connectivity index (χ1n) is 6.90. The Balaban J connectivity index is 2.11. The Kier molecular flexibility index (Phi) is 3.64. The van der Waals surface area contributed by atoms with Crippen molar-refractivity contribution < 1.29 is 9.59 Å². The molecule has 0 spiro atoms. The van der Waals surface area contributed by atoms with Crippen LogP contribution in [0.25, 0.3) is 22.0 Å². The van der Waals surface area contributed by atoms with Gasteiger partial charge in [0.1, 0.15) is 5.82 Å². The number of pyridine rings is 1. The third-order valence-corrected chi connectivity index (χ3v) is 3.50. The van der Waals surface area contributed by atoms with E-state index < -0.39 is 5.91 Å². The Hall–Kier alpha value is -3.41. The first-order chi connectivity index (χ1) is 11.1. The van der Waals surface area contributed by atoms with Crippen molar-refractivity contribution in [2.24, 2.45) is 5.73 Å². The van der Waals surface area contributed by atoms with Gasteiger partial charge in [0.05, 0.1) is 11.1 Å². The second kappa shape index (κ2) is 5.76. The highest BCUT2D eigenvalue weighted by Crippen LogP contribution is 2.31. The van der Waals surface area contributed by atoms with Gasteiger partial charge in [-0.05, 0) is 41.5 Å². The highest BCUT2D eigenvalue weighted by molar-refractivity contribution is 6.09. The van der Waals surface area contributed by atoms with Gasteiger partial charge in [0, 0.05) is 17.8 Å². The van der Waals surface area contributed by atoms with Crippen molar-refractivity contribution in [3.8, 4) is 11.1 Å². The van der Waals surface area contributed by atoms with Crippen molar-refractivity contribution in [3.05, 3.63) is 60.9 Å². The molecular weight excluding hydrogens is 292 g/mol. The van der Waals surface area contributed by atoms with Gasteiger partial charge in [-0.1, -0.05) is 12.6 Å². The maximum atomic E-state index is 11.5. The Morgan fingerprint density at radius 3 is 2.83 bits per heavy atom. The van der Waals surface area contributed by atoms with E-state index in [4.69, 9.17) is 5.73 Å². The minimum atomic E-state index is -0.488. The predicted molar refractivity (Wildman–Crippen MR) is 88.9 cm³/mol. The number of nitrogens with two attached hydrogens (primary N) is 1. The van der Waals surface area contributed by atoms with Gasteiger partial charge in [-0.15, -0.1) is 0 Å². The quantitative estimate of drug-likeness (QED) is 0.645. The first-order valence-corrected chi connectivity index (χ1v) is 6.90. The van der Waals surface area contributed by atoms with Crippen molar-refractivity contribution in [2.45, 2.75) is 0 Å². The van der Waals surface area contributed by atoms with Crippen LogP contribution in [0, 0.1) is 0 Å². The molecule has 6 heteroatoms. The molecule has 0 saturated carbocycles. The Morgan fingerprint density at radius 2 is 2.09 bits per heavy atom. The third-order valence-electron chi connectivity index (χ3n) is 3.50. The molecule has 0 bridgehead atoms. The number of benzene rings is 1. The minimum absolute atomic E-state index is 0.328. The molecule has 3 aromatic rings. The van der Waals surface area contributed by atoms with Crippen LogP contribution >= 0.6 is 0 Å². The molecule has 23 heavy (non-hydrogen) atoms. The lowest BCUT2D eigenvalue weighted by molar-refractivity contribution is -0.111. The van der Waals surface area contributed by atoms with E-state index in [1.807, 2.05) is 18.2 Å². The van der Waals surface area contributed by atoms with Crippen LogP contribution in [0.5, 0.6) is 0 Å². The van der Waals surface area contributed by atoms with Gasteiger partial charge in [0.25, 0.3) is 5.91 Å². The number of hydrogen-bond acceptors (Lipinski definition) is 3. The summed E-state index contributed by atoms with van der Waals surface area (Å²) in [6.07, 6.45) is 4.54. The number of nitrogens with zero attached hydrogens (tertiary/aromatic N) is 1. The molecule has 0 aliphatic heterocycles. The van der Waals surface area contributed by atoms with Gasteiger partial charge in [-0.25, -0.2) is 4.98 Å². The fourth-order valence-corrected chi connectivity index (χ4v) is 2.46. The topological polar surface area (TPSA) is 101 Å². The van der Waals surface area contributed by atoms with Crippen LogP contribution in [-0.2, 0) is 4.79 Å².